The van der Waals surface area contributed by atoms with E-state index in [1.54, 1.807) is 12.1 Å². The van der Waals surface area contributed by atoms with E-state index < -0.39 is 11.7 Å². The third-order valence-electron chi connectivity index (χ3n) is 7.35. The summed E-state index contributed by atoms with van der Waals surface area (Å²) in [6.45, 7) is 7.28. The van der Waals surface area contributed by atoms with Crippen molar-refractivity contribution in [1.82, 2.24) is 4.90 Å². The van der Waals surface area contributed by atoms with E-state index in [9.17, 15) is 18.0 Å². The number of likely N-dealkylation sites (tertiary alicyclic amines) is 1. The average Bonchev–Trinajstić information content (AvgIpc) is 3.22. The molecule has 0 spiro atoms. The van der Waals surface area contributed by atoms with Crippen LogP contribution in [0.25, 0.3) is 0 Å². The number of piperidine rings is 1. The standard InChI is InChI=1S/C27H30F3N3O2/c1-3-35-18-26-10-11-32(23-9-8-21(14-31)24(13-23)27(28,29)30)15-22(26)16-33(17-26)25(34)12-20-6-4-19(2)5-7-20/h4-9,13,22H,3,10-12,15-18H2,1-2H3. The van der Waals surface area contributed by atoms with Crippen molar-refractivity contribution in [3.05, 3.63) is 64.7 Å². The number of amides is 1. The van der Waals surface area contributed by atoms with Crippen LogP contribution in [0.1, 0.15) is 35.6 Å². The Bertz CT molecular complexity index is 1110. The number of hydrogen-bond acceptors (Lipinski definition) is 4. The van der Waals surface area contributed by atoms with Gasteiger partial charge in [-0.2, -0.15) is 18.4 Å². The highest BCUT2D eigenvalue weighted by Crippen LogP contribution is 2.45. The number of anilines is 1. The molecule has 2 aromatic rings. The number of nitriles is 1. The number of fused-ring (bicyclic) bond motifs is 1. The van der Waals surface area contributed by atoms with Crippen LogP contribution in [-0.2, 0) is 22.1 Å². The van der Waals surface area contributed by atoms with Crippen molar-refractivity contribution in [2.24, 2.45) is 11.3 Å². The van der Waals surface area contributed by atoms with Crippen molar-refractivity contribution in [3.8, 4) is 6.07 Å². The highest BCUT2D eigenvalue weighted by molar-refractivity contribution is 5.79. The Hall–Kier alpha value is -3.05. The van der Waals surface area contributed by atoms with Gasteiger partial charge in [-0.1, -0.05) is 29.8 Å². The summed E-state index contributed by atoms with van der Waals surface area (Å²) in [7, 11) is 0. The number of rotatable bonds is 6. The molecule has 2 unspecified atom stereocenters. The summed E-state index contributed by atoms with van der Waals surface area (Å²) in [5.74, 6) is 0.137. The van der Waals surface area contributed by atoms with Gasteiger partial charge >= 0.3 is 6.18 Å². The van der Waals surface area contributed by atoms with Gasteiger partial charge in [0.05, 0.1) is 30.2 Å². The van der Waals surface area contributed by atoms with Crippen LogP contribution in [0.4, 0.5) is 18.9 Å². The second-order valence-corrected chi connectivity index (χ2v) is 9.67. The lowest BCUT2D eigenvalue weighted by Crippen LogP contribution is -2.49. The Morgan fingerprint density at radius 3 is 2.60 bits per heavy atom. The highest BCUT2D eigenvalue weighted by atomic mass is 19.4. The third-order valence-corrected chi connectivity index (χ3v) is 7.35. The van der Waals surface area contributed by atoms with Gasteiger partial charge in [0.25, 0.3) is 0 Å². The zero-order valence-corrected chi connectivity index (χ0v) is 20.1. The maximum Gasteiger partial charge on any atom is 0.417 e. The van der Waals surface area contributed by atoms with Crippen LogP contribution in [0.2, 0.25) is 0 Å². The van der Waals surface area contributed by atoms with Gasteiger partial charge in [-0.3, -0.25) is 4.79 Å². The number of halogens is 3. The summed E-state index contributed by atoms with van der Waals surface area (Å²) >= 11 is 0. The lowest BCUT2D eigenvalue weighted by molar-refractivity contribution is -0.137. The second-order valence-electron chi connectivity index (χ2n) is 9.67. The van der Waals surface area contributed by atoms with Crippen LogP contribution in [-0.4, -0.2) is 50.2 Å². The molecule has 0 aliphatic carbocycles. The minimum Gasteiger partial charge on any atom is -0.381 e. The number of carbonyl (C=O) groups excluding carboxylic acids is 1. The maximum absolute atomic E-state index is 13.5. The Kier molecular flexibility index (Phi) is 7.09. The summed E-state index contributed by atoms with van der Waals surface area (Å²) < 4.78 is 46.4. The molecule has 5 nitrogen and oxygen atoms in total. The molecule has 2 aliphatic rings. The summed E-state index contributed by atoms with van der Waals surface area (Å²) in [6.07, 6.45) is -3.55. The van der Waals surface area contributed by atoms with Crippen molar-refractivity contribution in [1.29, 1.82) is 5.26 Å². The first-order valence-corrected chi connectivity index (χ1v) is 11.9. The van der Waals surface area contributed by atoms with Gasteiger partial charge in [0, 0.05) is 49.8 Å². The number of ether oxygens (including phenoxy) is 1. The van der Waals surface area contributed by atoms with Crippen LogP contribution in [0.5, 0.6) is 0 Å². The van der Waals surface area contributed by atoms with Crippen LogP contribution < -0.4 is 4.90 Å². The molecular weight excluding hydrogens is 455 g/mol. The van der Waals surface area contributed by atoms with Crippen LogP contribution in [0.15, 0.2) is 42.5 Å². The zero-order chi connectivity index (χ0) is 25.2. The van der Waals surface area contributed by atoms with Gasteiger partial charge in [-0.25, -0.2) is 0 Å². The Labute approximate surface area is 204 Å². The first-order chi connectivity index (χ1) is 16.6. The Morgan fingerprint density at radius 2 is 1.94 bits per heavy atom. The monoisotopic (exact) mass is 485 g/mol. The first-order valence-electron chi connectivity index (χ1n) is 11.9. The molecule has 186 valence electrons. The number of hydrogen-bond donors (Lipinski definition) is 0. The first kappa shape index (κ1) is 25.1. The SMILES string of the molecule is CCOCC12CCN(c3ccc(C#N)c(C(F)(F)F)c3)CC1CN(C(=O)Cc1ccc(C)cc1)C2. The molecule has 2 aliphatic heterocycles. The van der Waals surface area contributed by atoms with E-state index in [0.29, 0.717) is 57.9 Å². The molecule has 8 heteroatoms. The molecule has 2 saturated heterocycles. The number of nitrogens with zero attached hydrogens (tertiary/aromatic N) is 3. The normalized spacial score (nSPS) is 22.1. The predicted octanol–water partition coefficient (Wildman–Crippen LogP) is 4.82. The lowest BCUT2D eigenvalue weighted by Gasteiger charge is -2.44. The fourth-order valence-corrected chi connectivity index (χ4v) is 5.30. The third kappa shape index (κ3) is 5.30. The highest BCUT2D eigenvalue weighted by Gasteiger charge is 2.51. The molecule has 2 heterocycles. The van der Waals surface area contributed by atoms with E-state index >= 15 is 0 Å². The van der Waals surface area contributed by atoms with E-state index in [-0.39, 0.29) is 22.8 Å². The van der Waals surface area contributed by atoms with Gasteiger partial charge < -0.3 is 14.5 Å². The number of carbonyl (C=O) groups is 1. The largest absolute Gasteiger partial charge is 0.417 e. The van der Waals surface area contributed by atoms with Gasteiger partial charge in [0.2, 0.25) is 5.91 Å². The minimum atomic E-state index is -4.60. The predicted molar refractivity (Wildman–Crippen MR) is 127 cm³/mol. The van der Waals surface area contributed by atoms with E-state index in [1.165, 1.54) is 6.07 Å². The Morgan fingerprint density at radius 1 is 1.20 bits per heavy atom. The maximum atomic E-state index is 13.5. The molecule has 0 radical (unpaired) electrons. The molecular formula is C27H30F3N3O2. The van der Waals surface area contributed by atoms with Crippen molar-refractivity contribution in [2.45, 2.75) is 32.9 Å². The average molecular weight is 486 g/mol. The lowest BCUT2D eigenvalue weighted by atomic mass is 9.73. The van der Waals surface area contributed by atoms with Crippen LogP contribution in [0, 0.1) is 29.6 Å². The quantitative estimate of drug-likeness (QED) is 0.589. The molecule has 2 aromatic carbocycles. The van der Waals surface area contributed by atoms with Gasteiger partial charge in [0.15, 0.2) is 0 Å². The summed E-state index contributed by atoms with van der Waals surface area (Å²) in [6, 6.07) is 13.5. The number of alkyl halides is 3. The van der Waals surface area contributed by atoms with Crippen LogP contribution >= 0.6 is 0 Å². The van der Waals surface area contributed by atoms with Gasteiger partial charge in [0.1, 0.15) is 0 Å². The summed E-state index contributed by atoms with van der Waals surface area (Å²) in [4.78, 5) is 17.0. The summed E-state index contributed by atoms with van der Waals surface area (Å²) in [5.41, 5.74) is 1.05. The molecule has 2 fully saturated rings. The fourth-order valence-electron chi connectivity index (χ4n) is 5.30. The molecule has 35 heavy (non-hydrogen) atoms. The molecule has 2 atom stereocenters. The van der Waals surface area contributed by atoms with E-state index in [1.807, 2.05) is 47.9 Å². The van der Waals surface area contributed by atoms with Crippen LogP contribution in [0.3, 0.4) is 0 Å². The van der Waals surface area contributed by atoms with Crippen molar-refractivity contribution in [3.63, 3.8) is 0 Å². The molecule has 0 saturated carbocycles. The van der Waals surface area contributed by atoms with E-state index in [2.05, 4.69) is 0 Å². The number of aryl methyl sites for hydroxylation is 1. The zero-order valence-electron chi connectivity index (χ0n) is 20.1. The van der Waals surface area contributed by atoms with Gasteiger partial charge in [-0.15, -0.1) is 0 Å². The van der Waals surface area contributed by atoms with E-state index in [4.69, 9.17) is 10.00 Å². The molecule has 0 N–H and O–H groups in total. The Balaban J connectivity index is 1.53. The smallest absolute Gasteiger partial charge is 0.381 e. The second kappa shape index (κ2) is 9.90. The number of benzene rings is 2. The topological polar surface area (TPSA) is 56.6 Å². The molecule has 0 aromatic heterocycles. The van der Waals surface area contributed by atoms with Crippen molar-refractivity contribution >= 4 is 11.6 Å². The summed E-state index contributed by atoms with van der Waals surface area (Å²) in [5, 5.41) is 9.11. The minimum absolute atomic E-state index is 0.0587. The van der Waals surface area contributed by atoms with Gasteiger partial charge in [-0.05, 0) is 44.0 Å². The van der Waals surface area contributed by atoms with Crippen molar-refractivity contribution < 1.29 is 22.7 Å². The molecule has 1 amide bonds. The van der Waals surface area contributed by atoms with E-state index in [0.717, 1.165) is 17.2 Å². The van der Waals surface area contributed by atoms with Crippen molar-refractivity contribution in [2.75, 3.05) is 44.3 Å². The fraction of sp³-hybridized carbons (Fsp3) is 0.481. The molecule has 4 rings (SSSR count). The molecule has 0 bridgehead atoms.